The van der Waals surface area contributed by atoms with Crippen molar-refractivity contribution in [2.45, 2.75) is 26.6 Å². The molecular formula is C6H12O4. The normalized spacial score (nSPS) is 13.3. The van der Waals surface area contributed by atoms with Gasteiger partial charge in [-0.2, -0.15) is 0 Å². The molecule has 0 fully saturated rings. The van der Waals surface area contributed by atoms with Crippen molar-refractivity contribution in [3.05, 3.63) is 0 Å². The van der Waals surface area contributed by atoms with Gasteiger partial charge in [0, 0.05) is 0 Å². The Morgan fingerprint density at radius 2 is 1.50 bits per heavy atom. The second-order valence-corrected chi connectivity index (χ2v) is 2.95. The average Bonchev–Trinajstić information content (AvgIpc) is 1.62. The molecular weight excluding hydrogens is 136 g/mol. The summed E-state index contributed by atoms with van der Waals surface area (Å²) in [4.78, 5) is 10.3. The molecule has 0 aliphatic carbocycles. The highest BCUT2D eigenvalue weighted by Crippen LogP contribution is 2.27. The molecule has 0 bridgehead atoms. The third-order valence-corrected chi connectivity index (χ3v) is 1.72. The van der Waals surface area contributed by atoms with Gasteiger partial charge >= 0.3 is 5.97 Å². The first kappa shape index (κ1) is 9.39. The van der Waals surface area contributed by atoms with Crippen molar-refractivity contribution in [2.75, 3.05) is 0 Å². The van der Waals surface area contributed by atoms with Crippen LogP contribution in [0, 0.1) is 5.41 Å². The number of aliphatic carboxylic acids is 1. The standard InChI is InChI=1S/C6H12O4/c1-5(2,4(7)8)6(3,9)10/h9-10H,1-3H3,(H,7,8). The van der Waals surface area contributed by atoms with Crippen LogP contribution >= 0.6 is 0 Å². The Hall–Kier alpha value is -0.610. The van der Waals surface area contributed by atoms with Gasteiger partial charge < -0.3 is 15.3 Å². The lowest BCUT2D eigenvalue weighted by Crippen LogP contribution is -2.47. The van der Waals surface area contributed by atoms with Gasteiger partial charge in [-0.15, -0.1) is 0 Å². The van der Waals surface area contributed by atoms with Gasteiger partial charge in [-0.1, -0.05) is 0 Å². The Balaban J connectivity index is 4.57. The second kappa shape index (κ2) is 2.21. The van der Waals surface area contributed by atoms with Gasteiger partial charge in [0.25, 0.3) is 0 Å². The molecule has 0 aromatic carbocycles. The summed E-state index contributed by atoms with van der Waals surface area (Å²) >= 11 is 0. The molecule has 0 spiro atoms. The van der Waals surface area contributed by atoms with E-state index in [0.29, 0.717) is 0 Å². The summed E-state index contributed by atoms with van der Waals surface area (Å²) < 4.78 is 0. The summed E-state index contributed by atoms with van der Waals surface area (Å²) in [7, 11) is 0. The lowest BCUT2D eigenvalue weighted by atomic mass is 9.85. The zero-order valence-corrected chi connectivity index (χ0v) is 6.25. The third kappa shape index (κ3) is 1.46. The molecule has 60 valence electrons. The quantitative estimate of drug-likeness (QED) is 0.474. The van der Waals surface area contributed by atoms with Crippen LogP contribution < -0.4 is 0 Å². The van der Waals surface area contributed by atoms with E-state index in [1.807, 2.05) is 0 Å². The lowest BCUT2D eigenvalue weighted by Gasteiger charge is -2.30. The summed E-state index contributed by atoms with van der Waals surface area (Å²) in [5.74, 6) is -3.42. The van der Waals surface area contributed by atoms with E-state index >= 15 is 0 Å². The van der Waals surface area contributed by atoms with E-state index in [1.165, 1.54) is 13.8 Å². The summed E-state index contributed by atoms with van der Waals surface area (Å²) in [5, 5.41) is 26.2. The number of hydrogen-bond acceptors (Lipinski definition) is 3. The van der Waals surface area contributed by atoms with Gasteiger partial charge in [0.05, 0.1) is 0 Å². The van der Waals surface area contributed by atoms with E-state index < -0.39 is 17.2 Å². The Bertz CT molecular complexity index is 142. The van der Waals surface area contributed by atoms with Gasteiger partial charge in [-0.3, -0.25) is 4.79 Å². The van der Waals surface area contributed by atoms with Gasteiger partial charge in [-0.25, -0.2) is 0 Å². The molecule has 4 nitrogen and oxygen atoms in total. The highest BCUT2D eigenvalue weighted by molar-refractivity contribution is 5.74. The van der Waals surface area contributed by atoms with Crippen LogP contribution in [0.25, 0.3) is 0 Å². The first-order valence-electron chi connectivity index (χ1n) is 2.87. The number of carboxylic acids is 1. The summed E-state index contributed by atoms with van der Waals surface area (Å²) in [6, 6.07) is 0. The summed E-state index contributed by atoms with van der Waals surface area (Å²) in [6.07, 6.45) is 0. The highest BCUT2D eigenvalue weighted by atomic mass is 16.5. The Morgan fingerprint density at radius 1 is 1.20 bits per heavy atom. The van der Waals surface area contributed by atoms with Crippen LogP contribution in [0.1, 0.15) is 20.8 Å². The van der Waals surface area contributed by atoms with Crippen molar-refractivity contribution in [3.8, 4) is 0 Å². The number of aliphatic hydroxyl groups is 2. The molecule has 0 aromatic heterocycles. The van der Waals surface area contributed by atoms with Crippen molar-refractivity contribution in [1.82, 2.24) is 0 Å². The van der Waals surface area contributed by atoms with Gasteiger partial charge in [-0.05, 0) is 20.8 Å². The van der Waals surface area contributed by atoms with Gasteiger partial charge in [0.2, 0.25) is 0 Å². The van der Waals surface area contributed by atoms with Crippen LogP contribution in [0.2, 0.25) is 0 Å². The summed E-state index contributed by atoms with van der Waals surface area (Å²) in [6.45, 7) is 3.53. The van der Waals surface area contributed by atoms with E-state index in [0.717, 1.165) is 6.92 Å². The Kier molecular flexibility index (Phi) is 2.08. The van der Waals surface area contributed by atoms with Crippen molar-refractivity contribution in [3.63, 3.8) is 0 Å². The van der Waals surface area contributed by atoms with Crippen molar-refractivity contribution in [1.29, 1.82) is 0 Å². The maximum Gasteiger partial charge on any atom is 0.314 e. The van der Waals surface area contributed by atoms with Crippen LogP contribution in [0.15, 0.2) is 0 Å². The van der Waals surface area contributed by atoms with Crippen LogP contribution in [0.4, 0.5) is 0 Å². The van der Waals surface area contributed by atoms with Crippen molar-refractivity contribution < 1.29 is 20.1 Å². The minimum absolute atomic E-state index is 1.04. The van der Waals surface area contributed by atoms with Crippen LogP contribution in [-0.2, 0) is 4.79 Å². The SMILES string of the molecule is CC(O)(O)C(C)(C)C(=O)O. The van der Waals surface area contributed by atoms with Crippen LogP contribution in [0.3, 0.4) is 0 Å². The van der Waals surface area contributed by atoms with E-state index in [1.54, 1.807) is 0 Å². The van der Waals surface area contributed by atoms with E-state index in [4.69, 9.17) is 15.3 Å². The minimum atomic E-state index is -2.18. The number of carbonyl (C=O) groups is 1. The monoisotopic (exact) mass is 148 g/mol. The molecule has 4 heteroatoms. The second-order valence-electron chi connectivity index (χ2n) is 2.95. The predicted molar refractivity (Wildman–Crippen MR) is 34.3 cm³/mol. The molecule has 10 heavy (non-hydrogen) atoms. The third-order valence-electron chi connectivity index (χ3n) is 1.72. The van der Waals surface area contributed by atoms with E-state index in [-0.39, 0.29) is 0 Å². The Morgan fingerprint density at radius 3 is 1.50 bits per heavy atom. The topological polar surface area (TPSA) is 77.8 Å². The largest absolute Gasteiger partial charge is 0.481 e. The van der Waals surface area contributed by atoms with E-state index in [2.05, 4.69) is 0 Å². The molecule has 3 N–H and O–H groups in total. The molecule has 0 rings (SSSR count). The fourth-order valence-corrected chi connectivity index (χ4v) is 0.203. The molecule has 0 amide bonds. The minimum Gasteiger partial charge on any atom is -0.481 e. The highest BCUT2D eigenvalue weighted by Gasteiger charge is 2.44. The lowest BCUT2D eigenvalue weighted by molar-refractivity contribution is -0.226. The first-order chi connectivity index (χ1) is 4.19. The van der Waals surface area contributed by atoms with Crippen molar-refractivity contribution >= 4 is 5.97 Å². The molecule has 0 aromatic rings. The fraction of sp³-hybridized carbons (Fsp3) is 0.833. The average molecular weight is 148 g/mol. The van der Waals surface area contributed by atoms with Gasteiger partial charge in [0.1, 0.15) is 5.41 Å². The molecule has 0 heterocycles. The number of hydrogen-bond donors (Lipinski definition) is 3. The van der Waals surface area contributed by atoms with Crippen molar-refractivity contribution in [2.24, 2.45) is 5.41 Å². The molecule has 0 saturated heterocycles. The molecule has 0 aliphatic heterocycles. The molecule has 0 radical (unpaired) electrons. The predicted octanol–water partition coefficient (Wildman–Crippen LogP) is -0.202. The zero-order valence-electron chi connectivity index (χ0n) is 6.25. The number of carboxylic acid groups (broad SMARTS) is 1. The van der Waals surface area contributed by atoms with Crippen LogP contribution in [-0.4, -0.2) is 27.1 Å². The van der Waals surface area contributed by atoms with E-state index in [9.17, 15) is 4.79 Å². The molecule has 0 atom stereocenters. The number of rotatable bonds is 2. The van der Waals surface area contributed by atoms with Gasteiger partial charge in [0.15, 0.2) is 5.79 Å². The Labute approximate surface area is 59.1 Å². The van der Waals surface area contributed by atoms with Crippen LogP contribution in [0.5, 0.6) is 0 Å². The summed E-state index contributed by atoms with van der Waals surface area (Å²) in [5.41, 5.74) is -1.53. The maximum absolute atomic E-state index is 10.3. The zero-order chi connectivity index (χ0) is 8.58. The maximum atomic E-state index is 10.3. The molecule has 0 unspecified atom stereocenters. The molecule has 0 aliphatic rings. The fourth-order valence-electron chi connectivity index (χ4n) is 0.203. The first-order valence-corrected chi connectivity index (χ1v) is 2.87. The molecule has 0 saturated carbocycles. The smallest absolute Gasteiger partial charge is 0.314 e.